The van der Waals surface area contributed by atoms with Crippen LogP contribution in [0.4, 0.5) is 0 Å². The summed E-state index contributed by atoms with van der Waals surface area (Å²) in [6.45, 7) is 3.91. The Morgan fingerprint density at radius 3 is 2.43 bits per heavy atom. The van der Waals surface area contributed by atoms with Crippen LogP contribution in [-0.4, -0.2) is 34.5 Å². The molecule has 4 atom stereocenters. The van der Waals surface area contributed by atoms with Crippen LogP contribution in [0.25, 0.3) is 0 Å². The highest BCUT2D eigenvalue weighted by atomic mass is 16.6. The number of carboxylic acids is 1. The van der Waals surface area contributed by atoms with Crippen LogP contribution in [0, 0.1) is 5.92 Å². The molecule has 0 aromatic carbocycles. The second-order valence-electron chi connectivity index (χ2n) is 6.82. The Bertz CT molecular complexity index is 353. The normalized spacial score (nSPS) is 23.1. The van der Waals surface area contributed by atoms with E-state index in [1.54, 1.807) is 13.0 Å². The van der Waals surface area contributed by atoms with Gasteiger partial charge in [0.15, 0.2) is 0 Å². The quantitative estimate of drug-likeness (QED) is 0.283. The van der Waals surface area contributed by atoms with Crippen molar-refractivity contribution in [2.45, 2.75) is 96.4 Å². The summed E-state index contributed by atoms with van der Waals surface area (Å²) in [7, 11) is 0. The fraction of sp³-hybridized carbons (Fsp3) is 0.842. The average Bonchev–Trinajstić information content (AvgIpc) is 3.28. The van der Waals surface area contributed by atoms with Crippen molar-refractivity contribution in [3.05, 3.63) is 12.2 Å². The van der Waals surface area contributed by atoms with Crippen molar-refractivity contribution in [1.29, 1.82) is 0 Å². The summed E-state index contributed by atoms with van der Waals surface area (Å²) in [5.41, 5.74) is 0. The van der Waals surface area contributed by atoms with Gasteiger partial charge in [0.1, 0.15) is 6.10 Å². The predicted octanol–water partition coefficient (Wildman–Crippen LogP) is 4.31. The third-order valence-electron chi connectivity index (χ3n) is 4.55. The number of hydrogen-bond donors (Lipinski definition) is 2. The molecule has 0 amide bonds. The van der Waals surface area contributed by atoms with E-state index in [0.29, 0.717) is 18.9 Å². The summed E-state index contributed by atoms with van der Waals surface area (Å²) in [4.78, 5) is 10.7. The molecule has 1 aliphatic heterocycles. The molecule has 4 nitrogen and oxygen atoms in total. The molecule has 1 saturated heterocycles. The standard InChI is InChI=1S/C19H34O4/c1-3-4-5-6-7-8-9-10-17-18(23-17)14-13-16(20)12-11-15(2)19(21)22/h13-18,20H,3-12H2,1-2H3,(H,21,22)/b14-13+. The maximum Gasteiger partial charge on any atom is 0.306 e. The van der Waals surface area contributed by atoms with E-state index in [-0.39, 0.29) is 6.10 Å². The molecule has 0 aliphatic carbocycles. The molecule has 0 spiro atoms. The SMILES string of the molecule is CCCCCCCCCC1OC1/C=C/C(O)CCC(C)C(=O)O. The zero-order chi connectivity index (χ0) is 17.1. The molecule has 1 heterocycles. The third kappa shape index (κ3) is 9.77. The summed E-state index contributed by atoms with van der Waals surface area (Å²) in [5.74, 6) is -1.21. The summed E-state index contributed by atoms with van der Waals surface area (Å²) >= 11 is 0. The number of aliphatic hydroxyl groups is 1. The summed E-state index contributed by atoms with van der Waals surface area (Å²) in [5, 5.41) is 18.6. The smallest absolute Gasteiger partial charge is 0.306 e. The van der Waals surface area contributed by atoms with Gasteiger partial charge in [-0.25, -0.2) is 0 Å². The van der Waals surface area contributed by atoms with E-state index in [1.807, 2.05) is 6.08 Å². The molecule has 0 radical (unpaired) electrons. The molecule has 2 N–H and O–H groups in total. The van der Waals surface area contributed by atoms with Crippen LogP contribution in [0.2, 0.25) is 0 Å². The van der Waals surface area contributed by atoms with Crippen LogP contribution in [0.3, 0.4) is 0 Å². The van der Waals surface area contributed by atoms with Gasteiger partial charge in [-0.3, -0.25) is 4.79 Å². The zero-order valence-electron chi connectivity index (χ0n) is 14.7. The van der Waals surface area contributed by atoms with Crippen LogP contribution in [0.1, 0.15) is 78.1 Å². The lowest BCUT2D eigenvalue weighted by molar-refractivity contribution is -0.141. The Labute approximate surface area is 140 Å². The first-order valence-corrected chi connectivity index (χ1v) is 9.29. The van der Waals surface area contributed by atoms with Crippen LogP contribution < -0.4 is 0 Å². The van der Waals surface area contributed by atoms with Gasteiger partial charge in [-0.15, -0.1) is 0 Å². The summed E-state index contributed by atoms with van der Waals surface area (Å²) in [6.07, 6.45) is 14.9. The van der Waals surface area contributed by atoms with Gasteiger partial charge in [-0.2, -0.15) is 0 Å². The lowest BCUT2D eigenvalue weighted by Crippen LogP contribution is -2.13. The number of aliphatic hydroxyl groups excluding tert-OH is 1. The van der Waals surface area contributed by atoms with E-state index in [2.05, 4.69) is 6.92 Å². The van der Waals surface area contributed by atoms with Gasteiger partial charge in [0, 0.05) is 0 Å². The van der Waals surface area contributed by atoms with Crippen LogP contribution >= 0.6 is 0 Å². The molecule has 4 unspecified atom stereocenters. The Balaban J connectivity index is 1.99. The molecule has 1 rings (SSSR count). The Kier molecular flexibility index (Phi) is 10.2. The first-order chi connectivity index (χ1) is 11.0. The van der Waals surface area contributed by atoms with E-state index in [0.717, 1.165) is 6.42 Å². The molecule has 0 aromatic rings. The Morgan fingerprint density at radius 2 is 1.78 bits per heavy atom. The molecule has 0 aromatic heterocycles. The second-order valence-corrected chi connectivity index (χ2v) is 6.82. The van der Waals surface area contributed by atoms with Crippen LogP contribution in [-0.2, 0) is 9.53 Å². The van der Waals surface area contributed by atoms with E-state index in [1.165, 1.54) is 44.9 Å². The molecule has 0 bridgehead atoms. The van der Waals surface area contributed by atoms with Gasteiger partial charge in [-0.1, -0.05) is 70.9 Å². The van der Waals surface area contributed by atoms with E-state index < -0.39 is 18.0 Å². The van der Waals surface area contributed by atoms with Gasteiger partial charge in [-0.05, 0) is 19.3 Å². The van der Waals surface area contributed by atoms with Gasteiger partial charge < -0.3 is 14.9 Å². The molecular formula is C19H34O4. The maximum absolute atomic E-state index is 10.7. The number of rotatable bonds is 14. The van der Waals surface area contributed by atoms with Crippen LogP contribution in [0.15, 0.2) is 12.2 Å². The average molecular weight is 326 g/mol. The van der Waals surface area contributed by atoms with E-state index in [9.17, 15) is 9.90 Å². The number of aliphatic carboxylic acids is 1. The predicted molar refractivity (Wildman–Crippen MR) is 92.5 cm³/mol. The van der Waals surface area contributed by atoms with Gasteiger partial charge in [0.05, 0.1) is 18.1 Å². The van der Waals surface area contributed by atoms with E-state index in [4.69, 9.17) is 9.84 Å². The summed E-state index contributed by atoms with van der Waals surface area (Å²) in [6, 6.07) is 0. The monoisotopic (exact) mass is 326 g/mol. The summed E-state index contributed by atoms with van der Waals surface area (Å²) < 4.78 is 5.58. The van der Waals surface area contributed by atoms with Crippen LogP contribution in [0.5, 0.6) is 0 Å². The van der Waals surface area contributed by atoms with Crippen molar-refractivity contribution >= 4 is 5.97 Å². The van der Waals surface area contributed by atoms with Crippen molar-refractivity contribution in [1.82, 2.24) is 0 Å². The van der Waals surface area contributed by atoms with Crippen molar-refractivity contribution in [3.8, 4) is 0 Å². The van der Waals surface area contributed by atoms with Crippen molar-refractivity contribution in [2.24, 2.45) is 5.92 Å². The Morgan fingerprint density at radius 1 is 1.13 bits per heavy atom. The first-order valence-electron chi connectivity index (χ1n) is 9.29. The second kappa shape index (κ2) is 11.6. The maximum atomic E-state index is 10.7. The molecular weight excluding hydrogens is 292 g/mol. The molecule has 0 saturated carbocycles. The molecule has 1 fully saturated rings. The van der Waals surface area contributed by atoms with Gasteiger partial charge >= 0.3 is 5.97 Å². The van der Waals surface area contributed by atoms with Gasteiger partial charge in [0.2, 0.25) is 0 Å². The number of hydrogen-bond acceptors (Lipinski definition) is 3. The highest BCUT2D eigenvalue weighted by molar-refractivity contribution is 5.69. The van der Waals surface area contributed by atoms with Crippen molar-refractivity contribution in [2.75, 3.05) is 0 Å². The molecule has 4 heteroatoms. The molecule has 23 heavy (non-hydrogen) atoms. The Hall–Kier alpha value is -0.870. The zero-order valence-corrected chi connectivity index (χ0v) is 14.7. The number of ether oxygens (including phenoxy) is 1. The fourth-order valence-electron chi connectivity index (χ4n) is 2.74. The lowest BCUT2D eigenvalue weighted by atomic mass is 10.0. The lowest BCUT2D eigenvalue weighted by Gasteiger charge is -2.08. The largest absolute Gasteiger partial charge is 0.481 e. The van der Waals surface area contributed by atoms with Crippen molar-refractivity contribution < 1.29 is 19.7 Å². The third-order valence-corrected chi connectivity index (χ3v) is 4.55. The number of carboxylic acid groups (broad SMARTS) is 1. The molecule has 1 aliphatic rings. The van der Waals surface area contributed by atoms with E-state index >= 15 is 0 Å². The highest BCUT2D eigenvalue weighted by Gasteiger charge is 2.35. The minimum atomic E-state index is -0.804. The highest BCUT2D eigenvalue weighted by Crippen LogP contribution is 2.29. The molecule has 134 valence electrons. The van der Waals surface area contributed by atoms with Crippen molar-refractivity contribution in [3.63, 3.8) is 0 Å². The van der Waals surface area contributed by atoms with Gasteiger partial charge in [0.25, 0.3) is 0 Å². The first kappa shape index (κ1) is 20.2. The number of epoxide rings is 1. The fourth-order valence-corrected chi connectivity index (χ4v) is 2.74. The minimum Gasteiger partial charge on any atom is -0.481 e. The number of carbonyl (C=O) groups is 1. The minimum absolute atomic E-state index is 0.154. The number of unbranched alkanes of at least 4 members (excludes halogenated alkanes) is 6. The topological polar surface area (TPSA) is 70.1 Å².